The Morgan fingerprint density at radius 1 is 1.05 bits per heavy atom. The summed E-state index contributed by atoms with van der Waals surface area (Å²) in [4.78, 5) is 13.0. The van der Waals surface area contributed by atoms with E-state index in [-0.39, 0.29) is 27.1 Å². The van der Waals surface area contributed by atoms with Gasteiger partial charge in [0.2, 0.25) is 0 Å². The van der Waals surface area contributed by atoms with Crippen molar-refractivity contribution in [2.24, 2.45) is 5.92 Å². The Morgan fingerprint density at radius 2 is 1.67 bits per heavy atom. The van der Waals surface area contributed by atoms with Crippen molar-refractivity contribution in [3.05, 3.63) is 67.3 Å². The molecule has 0 bridgehead atoms. The van der Waals surface area contributed by atoms with Crippen molar-refractivity contribution in [3.63, 3.8) is 0 Å². The Hall–Kier alpha value is -1.40. The van der Waals surface area contributed by atoms with Crippen molar-refractivity contribution in [1.82, 2.24) is 4.90 Å². The minimum atomic E-state index is -0.672. The number of aliphatic carboxylic acids is 1. The molecule has 4 heteroatoms. The fourth-order valence-corrected chi connectivity index (χ4v) is 4.58. The van der Waals surface area contributed by atoms with E-state index in [0.29, 0.717) is 13.1 Å². The van der Waals surface area contributed by atoms with Crippen LogP contribution in [-0.2, 0) is 11.3 Å². The molecule has 2 aromatic rings. The van der Waals surface area contributed by atoms with Crippen molar-refractivity contribution in [2.45, 2.75) is 6.54 Å². The average molecular weight is 394 g/mol. The van der Waals surface area contributed by atoms with Crippen LogP contribution in [0.25, 0.3) is 0 Å². The summed E-state index contributed by atoms with van der Waals surface area (Å²) < 4.78 is 2.84. The summed E-state index contributed by atoms with van der Waals surface area (Å²) in [6.07, 6.45) is 0. The van der Waals surface area contributed by atoms with Crippen LogP contribution in [0, 0.1) is 13.1 Å². The van der Waals surface area contributed by atoms with Gasteiger partial charge in [-0.1, -0.05) is 0 Å². The van der Waals surface area contributed by atoms with Crippen LogP contribution in [0.3, 0.4) is 0 Å². The van der Waals surface area contributed by atoms with E-state index in [1.165, 1.54) is 12.7 Å². The number of carboxylic acids is 1. The van der Waals surface area contributed by atoms with Crippen LogP contribution in [0.2, 0.25) is 0 Å². The second-order valence-electron chi connectivity index (χ2n) is 5.25. The van der Waals surface area contributed by atoms with Gasteiger partial charge in [-0.3, -0.25) is 0 Å². The standard InChI is InChI=1S/C17H17INO2/c20-17(21)14-11-19(12-14)10-13-6-8-16(9-7-13)18-15-4-2-1-3-5-15/h1-9,14H,10-12H2,(H,20,21)/q-1. The fourth-order valence-electron chi connectivity index (χ4n) is 2.37. The summed E-state index contributed by atoms with van der Waals surface area (Å²) >= 11 is -0.102. The zero-order valence-corrected chi connectivity index (χ0v) is 13.7. The summed E-state index contributed by atoms with van der Waals surface area (Å²) in [6.45, 7) is 2.20. The number of hydrogen-bond donors (Lipinski definition) is 1. The predicted molar refractivity (Wildman–Crippen MR) is 76.7 cm³/mol. The first kappa shape index (κ1) is 14.5. The molecule has 3 rings (SSSR count). The molecule has 0 saturated carbocycles. The van der Waals surface area contributed by atoms with E-state index >= 15 is 0 Å². The van der Waals surface area contributed by atoms with Crippen molar-refractivity contribution in [2.75, 3.05) is 13.1 Å². The number of hydrogen-bond acceptors (Lipinski definition) is 2. The Balaban J connectivity index is 1.54. The third kappa shape index (κ3) is 3.83. The van der Waals surface area contributed by atoms with Gasteiger partial charge in [-0.15, -0.1) is 0 Å². The Bertz CT molecular complexity index is 606. The van der Waals surface area contributed by atoms with Gasteiger partial charge in [0.15, 0.2) is 0 Å². The first-order chi connectivity index (χ1) is 10.2. The zero-order chi connectivity index (χ0) is 14.7. The maximum atomic E-state index is 10.8. The summed E-state index contributed by atoms with van der Waals surface area (Å²) in [6, 6.07) is 19.4. The van der Waals surface area contributed by atoms with Crippen molar-refractivity contribution in [3.8, 4) is 0 Å². The van der Waals surface area contributed by atoms with Gasteiger partial charge in [0.25, 0.3) is 0 Å². The van der Waals surface area contributed by atoms with Crippen LogP contribution in [0.15, 0.2) is 54.6 Å². The van der Waals surface area contributed by atoms with Gasteiger partial charge in [0.05, 0.1) is 0 Å². The van der Waals surface area contributed by atoms with E-state index in [2.05, 4.69) is 53.4 Å². The molecule has 21 heavy (non-hydrogen) atoms. The summed E-state index contributed by atoms with van der Waals surface area (Å²) in [5.74, 6) is -0.845. The van der Waals surface area contributed by atoms with Gasteiger partial charge >= 0.3 is 135 Å². The van der Waals surface area contributed by atoms with E-state index in [1.807, 2.05) is 6.07 Å². The number of rotatable bonds is 5. The minimum absolute atomic E-state index is 0.102. The quantitative estimate of drug-likeness (QED) is 0.685. The normalized spacial score (nSPS) is 15.8. The zero-order valence-electron chi connectivity index (χ0n) is 11.6. The van der Waals surface area contributed by atoms with Gasteiger partial charge in [0.1, 0.15) is 0 Å². The van der Waals surface area contributed by atoms with Gasteiger partial charge in [0, 0.05) is 0 Å². The molecule has 0 unspecified atom stereocenters. The Labute approximate surface area is 134 Å². The number of likely N-dealkylation sites (tertiary alicyclic amines) is 1. The van der Waals surface area contributed by atoms with Crippen LogP contribution in [0.1, 0.15) is 5.56 Å². The molecule has 0 aromatic heterocycles. The molecule has 1 aliphatic heterocycles. The van der Waals surface area contributed by atoms with Crippen LogP contribution in [0.5, 0.6) is 0 Å². The number of carboxylic acid groups (broad SMARTS) is 1. The number of halogens is 1. The monoisotopic (exact) mass is 394 g/mol. The molecule has 3 nitrogen and oxygen atoms in total. The number of benzene rings is 2. The van der Waals surface area contributed by atoms with Crippen molar-refractivity contribution < 1.29 is 31.1 Å². The molecule has 110 valence electrons. The topological polar surface area (TPSA) is 40.5 Å². The van der Waals surface area contributed by atoms with Gasteiger partial charge in [-0.25, -0.2) is 0 Å². The van der Waals surface area contributed by atoms with Crippen molar-refractivity contribution >= 4 is 5.97 Å². The molecule has 0 amide bonds. The molecule has 1 saturated heterocycles. The molecule has 0 atom stereocenters. The second kappa shape index (κ2) is 6.58. The summed E-state index contributed by atoms with van der Waals surface area (Å²) in [5, 5.41) is 8.87. The molecular formula is C17H17INO2-. The first-order valence-corrected chi connectivity index (χ1v) is 9.10. The van der Waals surface area contributed by atoms with Gasteiger partial charge in [-0.2, -0.15) is 0 Å². The summed E-state index contributed by atoms with van der Waals surface area (Å²) in [7, 11) is 0. The van der Waals surface area contributed by atoms with E-state index in [1.54, 1.807) is 0 Å². The van der Waals surface area contributed by atoms with Crippen molar-refractivity contribution in [1.29, 1.82) is 0 Å². The predicted octanol–water partition coefficient (Wildman–Crippen LogP) is -0.669. The van der Waals surface area contributed by atoms with Gasteiger partial charge in [-0.05, 0) is 0 Å². The molecule has 0 spiro atoms. The van der Waals surface area contributed by atoms with E-state index in [9.17, 15) is 4.79 Å². The van der Waals surface area contributed by atoms with E-state index < -0.39 is 5.97 Å². The fraction of sp³-hybridized carbons (Fsp3) is 0.235. The molecule has 1 fully saturated rings. The van der Waals surface area contributed by atoms with Crippen LogP contribution >= 0.6 is 0 Å². The molecule has 1 N–H and O–H groups in total. The molecule has 1 aliphatic rings. The molecule has 1 heterocycles. The van der Waals surface area contributed by atoms with E-state index in [0.717, 1.165) is 6.54 Å². The average Bonchev–Trinajstić information content (AvgIpc) is 2.45. The Kier molecular flexibility index (Phi) is 4.55. The molecule has 0 aliphatic carbocycles. The first-order valence-electron chi connectivity index (χ1n) is 6.95. The maximum absolute atomic E-state index is 10.8. The SMILES string of the molecule is O=C(O)C1CN(Cc2ccc([I-]c3ccccc3)cc2)C1. The molecule has 2 aromatic carbocycles. The number of nitrogens with zero attached hydrogens (tertiary/aromatic N) is 1. The third-order valence-corrected chi connectivity index (χ3v) is 6.26. The Morgan fingerprint density at radius 3 is 2.29 bits per heavy atom. The van der Waals surface area contributed by atoms with Crippen LogP contribution in [-0.4, -0.2) is 29.1 Å². The second-order valence-corrected chi connectivity index (χ2v) is 8.28. The third-order valence-electron chi connectivity index (χ3n) is 3.58. The van der Waals surface area contributed by atoms with E-state index in [4.69, 9.17) is 5.11 Å². The molecule has 0 radical (unpaired) electrons. The van der Waals surface area contributed by atoms with Crippen LogP contribution < -0.4 is 21.2 Å². The van der Waals surface area contributed by atoms with Crippen LogP contribution in [0.4, 0.5) is 0 Å². The molecular weight excluding hydrogens is 377 g/mol. The van der Waals surface area contributed by atoms with Gasteiger partial charge < -0.3 is 0 Å². The summed E-state index contributed by atoms with van der Waals surface area (Å²) in [5.41, 5.74) is 1.26. The number of carbonyl (C=O) groups is 1.